The molecule has 27 heavy (non-hydrogen) atoms. The summed E-state index contributed by atoms with van der Waals surface area (Å²) in [5.74, 6) is -4.29. The maximum absolute atomic E-state index is 13.3. The van der Waals surface area contributed by atoms with Gasteiger partial charge in [0.1, 0.15) is 12.1 Å². The Kier molecular flexibility index (Phi) is 6.49. The van der Waals surface area contributed by atoms with Crippen LogP contribution in [0.25, 0.3) is 0 Å². The summed E-state index contributed by atoms with van der Waals surface area (Å²) in [6.07, 6.45) is -1.55. The molecule has 0 aliphatic rings. The van der Waals surface area contributed by atoms with Gasteiger partial charge in [-0.15, -0.1) is 0 Å². The van der Waals surface area contributed by atoms with Gasteiger partial charge in [-0.3, -0.25) is 4.79 Å². The Morgan fingerprint density at radius 3 is 2.44 bits per heavy atom. The Hall–Kier alpha value is -2.97. The molecule has 0 bridgehead atoms. The van der Waals surface area contributed by atoms with Gasteiger partial charge in [0, 0.05) is 11.1 Å². The average Bonchev–Trinajstić information content (AvgIpc) is 2.68. The van der Waals surface area contributed by atoms with Gasteiger partial charge in [0.25, 0.3) is 5.79 Å². The zero-order valence-electron chi connectivity index (χ0n) is 14.7. The summed E-state index contributed by atoms with van der Waals surface area (Å²) >= 11 is 0. The molecule has 0 heterocycles. The molecule has 0 aliphatic carbocycles. The molecule has 7 nitrogen and oxygen atoms in total. The second-order valence-electron chi connectivity index (χ2n) is 5.49. The third kappa shape index (κ3) is 4.42. The van der Waals surface area contributed by atoms with E-state index in [9.17, 15) is 24.2 Å². The lowest BCUT2D eigenvalue weighted by molar-refractivity contribution is -0.225. The molecule has 2 aromatic carbocycles. The van der Waals surface area contributed by atoms with Crippen LogP contribution in [0.4, 0.5) is 4.39 Å². The van der Waals surface area contributed by atoms with Gasteiger partial charge in [0.05, 0.1) is 13.7 Å². The van der Waals surface area contributed by atoms with E-state index >= 15 is 0 Å². The van der Waals surface area contributed by atoms with Crippen molar-refractivity contribution in [2.24, 2.45) is 0 Å². The molecule has 2 atom stereocenters. The first kappa shape index (κ1) is 20.3. The smallest absolute Gasteiger partial charge is 0.342 e. The molecule has 2 N–H and O–H groups in total. The molecule has 0 spiro atoms. The van der Waals surface area contributed by atoms with Crippen molar-refractivity contribution < 1.29 is 38.4 Å². The number of esters is 1. The number of carbonyl (C=O) groups is 2. The number of aliphatic hydroxyl groups excluding tert-OH is 1. The summed E-state index contributed by atoms with van der Waals surface area (Å²) in [7, 11) is 1.31. The molecule has 2 aromatic rings. The van der Waals surface area contributed by atoms with Crippen LogP contribution in [0, 0.1) is 5.82 Å². The fourth-order valence-electron chi connectivity index (χ4n) is 2.35. The average molecular weight is 378 g/mol. The van der Waals surface area contributed by atoms with Gasteiger partial charge < -0.3 is 24.4 Å². The highest BCUT2D eigenvalue weighted by Crippen LogP contribution is 2.36. The molecular weight excluding hydrogens is 359 g/mol. The Morgan fingerprint density at radius 1 is 1.22 bits per heavy atom. The predicted octanol–water partition coefficient (Wildman–Crippen LogP) is 1.79. The van der Waals surface area contributed by atoms with E-state index in [0.29, 0.717) is 6.29 Å². The number of hydrogen-bond donors (Lipinski definition) is 2. The molecular formula is C19H19FO7. The number of hydrogen-bond acceptors (Lipinski definition) is 7. The molecule has 0 aromatic heterocycles. The largest absolute Gasteiger partial charge is 0.493 e. The van der Waals surface area contributed by atoms with Gasteiger partial charge in [0.15, 0.2) is 11.5 Å². The summed E-state index contributed by atoms with van der Waals surface area (Å²) < 4.78 is 28.6. The van der Waals surface area contributed by atoms with E-state index in [1.165, 1.54) is 32.2 Å². The van der Waals surface area contributed by atoms with Crippen molar-refractivity contribution in [3.05, 3.63) is 59.4 Å². The van der Waals surface area contributed by atoms with Crippen LogP contribution in [0.5, 0.6) is 11.5 Å². The lowest BCUT2D eigenvalue weighted by Crippen LogP contribution is -2.49. The molecule has 8 heteroatoms. The number of halogens is 1. The van der Waals surface area contributed by atoms with Crippen molar-refractivity contribution in [2.45, 2.75) is 18.8 Å². The van der Waals surface area contributed by atoms with Crippen molar-refractivity contribution in [3.8, 4) is 11.5 Å². The summed E-state index contributed by atoms with van der Waals surface area (Å²) in [5, 5.41) is 21.4. The lowest BCUT2D eigenvalue weighted by Gasteiger charge is -2.32. The predicted molar refractivity (Wildman–Crippen MR) is 91.9 cm³/mol. The number of aliphatic hydroxyl groups is 2. The Balaban J connectivity index is 2.51. The summed E-state index contributed by atoms with van der Waals surface area (Å²) in [6, 6.07) is 8.46. The minimum atomic E-state index is -2.60. The van der Waals surface area contributed by atoms with E-state index in [1.54, 1.807) is 0 Å². The number of methoxy groups -OCH3 is 1. The molecule has 0 aliphatic heterocycles. The highest BCUT2D eigenvalue weighted by molar-refractivity contribution is 5.77. The van der Waals surface area contributed by atoms with Crippen LogP contribution in [-0.4, -0.2) is 42.3 Å². The van der Waals surface area contributed by atoms with E-state index in [0.717, 1.165) is 24.3 Å². The van der Waals surface area contributed by atoms with Crippen molar-refractivity contribution in [1.29, 1.82) is 0 Å². The van der Waals surface area contributed by atoms with Crippen molar-refractivity contribution in [3.63, 3.8) is 0 Å². The molecule has 0 saturated heterocycles. The second kappa shape index (κ2) is 8.61. The van der Waals surface area contributed by atoms with Crippen LogP contribution in [0.2, 0.25) is 0 Å². The van der Waals surface area contributed by atoms with Gasteiger partial charge in [0.2, 0.25) is 6.10 Å². The van der Waals surface area contributed by atoms with Crippen LogP contribution in [-0.2, 0) is 15.3 Å². The monoisotopic (exact) mass is 378 g/mol. The van der Waals surface area contributed by atoms with Crippen LogP contribution in [0.3, 0.4) is 0 Å². The van der Waals surface area contributed by atoms with Crippen LogP contribution < -0.4 is 9.47 Å². The van der Waals surface area contributed by atoms with E-state index in [-0.39, 0.29) is 29.2 Å². The first-order valence-electron chi connectivity index (χ1n) is 8.01. The van der Waals surface area contributed by atoms with Crippen LogP contribution in [0.1, 0.15) is 22.8 Å². The molecule has 2 unspecified atom stereocenters. The number of ether oxygens (including phenoxy) is 3. The minimum absolute atomic E-state index is 0.0350. The third-order valence-corrected chi connectivity index (χ3v) is 3.73. The molecule has 0 amide bonds. The summed E-state index contributed by atoms with van der Waals surface area (Å²) in [6.45, 7) is 1.50. The van der Waals surface area contributed by atoms with E-state index in [4.69, 9.17) is 14.2 Å². The van der Waals surface area contributed by atoms with Gasteiger partial charge in [-0.2, -0.15) is 0 Å². The van der Waals surface area contributed by atoms with Crippen molar-refractivity contribution in [1.82, 2.24) is 0 Å². The molecule has 2 rings (SSSR count). The molecule has 0 fully saturated rings. The first-order valence-corrected chi connectivity index (χ1v) is 8.01. The highest BCUT2D eigenvalue weighted by Gasteiger charge is 2.46. The van der Waals surface area contributed by atoms with E-state index < -0.39 is 23.7 Å². The van der Waals surface area contributed by atoms with Crippen molar-refractivity contribution >= 4 is 12.3 Å². The summed E-state index contributed by atoms with van der Waals surface area (Å²) in [4.78, 5) is 22.9. The van der Waals surface area contributed by atoms with E-state index in [2.05, 4.69) is 0 Å². The quantitative estimate of drug-likeness (QED) is 0.410. The maximum Gasteiger partial charge on any atom is 0.342 e. The fraction of sp³-hybridized carbons (Fsp3) is 0.263. The van der Waals surface area contributed by atoms with Gasteiger partial charge >= 0.3 is 5.97 Å². The topological polar surface area (TPSA) is 102 Å². The van der Waals surface area contributed by atoms with Gasteiger partial charge in [-0.25, -0.2) is 9.18 Å². The number of carbonyl (C=O) groups excluding carboxylic acids is 2. The van der Waals surface area contributed by atoms with Crippen LogP contribution in [0.15, 0.2) is 42.5 Å². The SMILES string of the molecule is CCOC(=O)C(O)C(O)(Oc1ccc(C=O)cc1OC)c1ccc(F)cc1. The van der Waals surface area contributed by atoms with Gasteiger partial charge in [-0.1, -0.05) is 0 Å². The zero-order chi connectivity index (χ0) is 20.0. The number of benzene rings is 2. The molecule has 0 radical (unpaired) electrons. The fourth-order valence-corrected chi connectivity index (χ4v) is 2.35. The molecule has 144 valence electrons. The lowest BCUT2D eigenvalue weighted by atomic mass is 9.99. The maximum atomic E-state index is 13.3. The Bertz CT molecular complexity index is 806. The Morgan fingerprint density at radius 2 is 1.89 bits per heavy atom. The van der Waals surface area contributed by atoms with Crippen molar-refractivity contribution in [2.75, 3.05) is 13.7 Å². The third-order valence-electron chi connectivity index (χ3n) is 3.73. The Labute approximate surface area is 154 Å². The normalized spacial score (nSPS) is 14.0. The summed E-state index contributed by atoms with van der Waals surface area (Å²) in [5.41, 5.74) is 0.196. The first-order chi connectivity index (χ1) is 12.8. The molecule has 0 saturated carbocycles. The number of rotatable bonds is 8. The second-order valence-corrected chi connectivity index (χ2v) is 5.49. The zero-order valence-corrected chi connectivity index (χ0v) is 14.7. The van der Waals surface area contributed by atoms with E-state index in [1.807, 2.05) is 0 Å². The number of aldehydes is 1. The minimum Gasteiger partial charge on any atom is -0.493 e. The standard InChI is InChI=1S/C19H19FO7/c1-3-26-18(23)17(22)19(24,13-5-7-14(20)8-6-13)27-15-9-4-12(11-21)10-16(15)25-2/h4-11,17,22,24H,3H2,1-2H3. The van der Waals surface area contributed by atoms with Gasteiger partial charge in [-0.05, 0) is 49.4 Å². The highest BCUT2D eigenvalue weighted by atomic mass is 19.1. The van der Waals surface area contributed by atoms with Crippen LogP contribution >= 0.6 is 0 Å².